The number of rotatable bonds is 2. The molecule has 3 fully saturated rings. The molecule has 1 aromatic rings. The van der Waals surface area contributed by atoms with E-state index in [1.807, 2.05) is 4.90 Å². The third-order valence-corrected chi connectivity index (χ3v) is 6.60. The summed E-state index contributed by atoms with van der Waals surface area (Å²) in [5, 5.41) is 28.2. The average molecular weight is 413 g/mol. The van der Waals surface area contributed by atoms with Crippen molar-refractivity contribution in [2.75, 3.05) is 20.0 Å². The summed E-state index contributed by atoms with van der Waals surface area (Å²) < 4.78 is 44.5. The Bertz CT molecular complexity index is 786. The van der Waals surface area contributed by atoms with Gasteiger partial charge in [0, 0.05) is 30.7 Å². The van der Waals surface area contributed by atoms with Crippen LogP contribution < -0.4 is 15.4 Å². The van der Waals surface area contributed by atoms with Crippen LogP contribution in [0.4, 0.5) is 8.78 Å². The average Bonchev–Trinajstić information content (AvgIpc) is 3.27. The van der Waals surface area contributed by atoms with E-state index in [1.54, 1.807) is 0 Å². The molecule has 3 saturated heterocycles. The molecular weight excluding hydrogens is 388 g/mol. The minimum absolute atomic E-state index is 0.0197. The first-order chi connectivity index (χ1) is 14.0. The largest absolute Gasteiger partial charge is 0.464 e. The lowest BCUT2D eigenvalue weighted by atomic mass is 9.95. The number of aliphatic hydroxyl groups excluding tert-OH is 2. The second-order valence-electron chi connectivity index (χ2n) is 8.11. The third kappa shape index (κ3) is 3.05. The Morgan fingerprint density at radius 2 is 2.00 bits per heavy atom. The Kier molecular flexibility index (Phi) is 4.98. The van der Waals surface area contributed by atoms with Crippen LogP contribution in [0.2, 0.25) is 0 Å². The van der Waals surface area contributed by atoms with Gasteiger partial charge in [-0.2, -0.15) is 4.39 Å². The molecule has 3 unspecified atom stereocenters. The smallest absolute Gasteiger partial charge is 0.201 e. The van der Waals surface area contributed by atoms with Crippen molar-refractivity contribution >= 4 is 0 Å². The Balaban J connectivity index is 1.40. The number of nitrogens with one attached hydrogen (secondary N) is 2. The van der Waals surface area contributed by atoms with Crippen LogP contribution in [0.15, 0.2) is 12.1 Å². The van der Waals surface area contributed by atoms with Gasteiger partial charge in [-0.05, 0) is 25.5 Å². The van der Waals surface area contributed by atoms with Crippen molar-refractivity contribution < 1.29 is 33.2 Å². The molecule has 0 aromatic heterocycles. The van der Waals surface area contributed by atoms with Crippen molar-refractivity contribution in [1.82, 2.24) is 15.5 Å². The fourth-order valence-electron chi connectivity index (χ4n) is 5.05. The van der Waals surface area contributed by atoms with Gasteiger partial charge in [-0.1, -0.05) is 0 Å². The van der Waals surface area contributed by atoms with Gasteiger partial charge in [0.2, 0.25) is 5.82 Å². The van der Waals surface area contributed by atoms with Crippen molar-refractivity contribution in [3.63, 3.8) is 0 Å². The molecule has 8 atom stereocenters. The first kappa shape index (κ1) is 19.6. The van der Waals surface area contributed by atoms with Crippen LogP contribution in [0.25, 0.3) is 0 Å². The van der Waals surface area contributed by atoms with Crippen molar-refractivity contribution in [2.45, 2.75) is 56.2 Å². The van der Waals surface area contributed by atoms with E-state index < -0.39 is 42.3 Å². The monoisotopic (exact) mass is 413 g/mol. The normalized spacial score (nSPS) is 42.4. The minimum atomic E-state index is -1.25. The number of nitrogens with zero attached hydrogens (tertiary/aromatic N) is 1. The van der Waals surface area contributed by atoms with Crippen LogP contribution in [-0.2, 0) is 9.47 Å². The summed E-state index contributed by atoms with van der Waals surface area (Å²) in [4.78, 5) is 2.03. The molecule has 5 rings (SSSR count). The van der Waals surface area contributed by atoms with E-state index in [4.69, 9.17) is 14.2 Å². The van der Waals surface area contributed by atoms with Crippen LogP contribution >= 0.6 is 0 Å². The second kappa shape index (κ2) is 7.38. The molecule has 0 radical (unpaired) electrons. The van der Waals surface area contributed by atoms with E-state index in [-0.39, 0.29) is 24.3 Å². The standard InChI is InChI=1S/C19H25F2N3O5/c1-8-9-4-5-24(18(9)23-6-22-8)19-14(26)13(25)17(29-19)16-10-2-3-11(20)12(21)15(10)27-7-28-16/h2-3,8-9,13-14,16-19,22-23,25-26H,4-7H2,1H3/t8?,9?,13-,14+,16+,17-,18?,19+/m0/s1. The third-order valence-electron chi connectivity index (χ3n) is 6.60. The highest BCUT2D eigenvalue weighted by atomic mass is 19.2. The predicted molar refractivity (Wildman–Crippen MR) is 95.6 cm³/mol. The molecule has 0 aliphatic carbocycles. The summed E-state index contributed by atoms with van der Waals surface area (Å²) in [7, 11) is 0. The first-order valence-corrected chi connectivity index (χ1v) is 9.93. The second-order valence-corrected chi connectivity index (χ2v) is 8.11. The van der Waals surface area contributed by atoms with Crippen LogP contribution in [0, 0.1) is 17.6 Å². The molecule has 8 nitrogen and oxygen atoms in total. The number of halogens is 2. The minimum Gasteiger partial charge on any atom is -0.464 e. The van der Waals surface area contributed by atoms with Gasteiger partial charge >= 0.3 is 0 Å². The molecule has 0 amide bonds. The van der Waals surface area contributed by atoms with E-state index in [0.717, 1.165) is 12.5 Å². The van der Waals surface area contributed by atoms with Gasteiger partial charge in [0.25, 0.3) is 0 Å². The van der Waals surface area contributed by atoms with Gasteiger partial charge in [0.05, 0.1) is 6.17 Å². The molecule has 29 heavy (non-hydrogen) atoms. The molecule has 4 aliphatic heterocycles. The molecule has 160 valence electrons. The summed E-state index contributed by atoms with van der Waals surface area (Å²) >= 11 is 0. The van der Waals surface area contributed by atoms with Crippen molar-refractivity contribution in [3.8, 4) is 5.75 Å². The molecule has 10 heteroatoms. The number of fused-ring (bicyclic) bond motifs is 2. The lowest BCUT2D eigenvalue weighted by molar-refractivity contribution is -0.163. The van der Waals surface area contributed by atoms with Gasteiger partial charge in [-0.25, -0.2) is 4.39 Å². The Morgan fingerprint density at radius 1 is 1.17 bits per heavy atom. The van der Waals surface area contributed by atoms with E-state index in [0.29, 0.717) is 25.2 Å². The number of aliphatic hydroxyl groups is 2. The maximum absolute atomic E-state index is 14.1. The molecule has 1 aromatic carbocycles. The van der Waals surface area contributed by atoms with Gasteiger partial charge in [-0.15, -0.1) is 0 Å². The van der Waals surface area contributed by atoms with Crippen LogP contribution in [0.1, 0.15) is 25.0 Å². The van der Waals surface area contributed by atoms with Gasteiger partial charge in [0.1, 0.15) is 30.6 Å². The number of hydrogen-bond acceptors (Lipinski definition) is 8. The number of likely N-dealkylation sites (tertiary alicyclic amines) is 1. The first-order valence-electron chi connectivity index (χ1n) is 9.93. The highest BCUT2D eigenvalue weighted by Crippen LogP contribution is 2.43. The summed E-state index contributed by atoms with van der Waals surface area (Å²) in [5.74, 6) is -2.02. The molecule has 4 N–H and O–H groups in total. The quantitative estimate of drug-likeness (QED) is 0.539. The molecule has 4 heterocycles. The number of ether oxygens (including phenoxy) is 3. The maximum atomic E-state index is 14.1. The van der Waals surface area contributed by atoms with Crippen molar-refractivity contribution in [1.29, 1.82) is 0 Å². The highest BCUT2D eigenvalue weighted by molar-refractivity contribution is 5.39. The molecule has 0 spiro atoms. The Morgan fingerprint density at radius 3 is 2.83 bits per heavy atom. The summed E-state index contributed by atoms with van der Waals surface area (Å²) in [6, 6.07) is 2.67. The summed E-state index contributed by atoms with van der Waals surface area (Å²) in [5.41, 5.74) is 0.250. The molecule has 0 saturated carbocycles. The van der Waals surface area contributed by atoms with Crippen molar-refractivity contribution in [3.05, 3.63) is 29.3 Å². The Hall–Kier alpha value is -1.40. The van der Waals surface area contributed by atoms with Crippen LogP contribution in [0.5, 0.6) is 5.75 Å². The summed E-state index contributed by atoms with van der Waals surface area (Å²) in [6.07, 6.45) is -4.02. The fraction of sp³-hybridized carbons (Fsp3) is 0.684. The topological polar surface area (TPSA) is 95.5 Å². The van der Waals surface area contributed by atoms with Crippen LogP contribution in [0.3, 0.4) is 0 Å². The van der Waals surface area contributed by atoms with Gasteiger partial charge in [0.15, 0.2) is 18.4 Å². The maximum Gasteiger partial charge on any atom is 0.201 e. The summed E-state index contributed by atoms with van der Waals surface area (Å²) in [6.45, 7) is 3.19. The number of benzene rings is 1. The highest BCUT2D eigenvalue weighted by Gasteiger charge is 2.54. The van der Waals surface area contributed by atoms with Crippen LogP contribution in [-0.4, -0.2) is 71.9 Å². The van der Waals surface area contributed by atoms with Gasteiger partial charge in [-0.3, -0.25) is 10.2 Å². The van der Waals surface area contributed by atoms with E-state index in [2.05, 4.69) is 17.6 Å². The Labute approximate surface area is 166 Å². The molecular formula is C19H25F2N3O5. The van der Waals surface area contributed by atoms with Crippen molar-refractivity contribution in [2.24, 2.45) is 5.92 Å². The van der Waals surface area contributed by atoms with E-state index in [9.17, 15) is 19.0 Å². The lowest BCUT2D eigenvalue weighted by Crippen LogP contribution is -2.61. The predicted octanol–water partition coefficient (Wildman–Crippen LogP) is 0.00590. The number of hydrogen-bond donors (Lipinski definition) is 4. The van der Waals surface area contributed by atoms with E-state index >= 15 is 0 Å². The lowest BCUT2D eigenvalue weighted by Gasteiger charge is -2.40. The van der Waals surface area contributed by atoms with E-state index in [1.165, 1.54) is 6.07 Å². The molecule has 0 bridgehead atoms. The fourth-order valence-corrected chi connectivity index (χ4v) is 5.05. The zero-order valence-electron chi connectivity index (χ0n) is 15.9. The van der Waals surface area contributed by atoms with Gasteiger partial charge < -0.3 is 29.7 Å². The zero-order valence-corrected chi connectivity index (χ0v) is 15.9. The molecule has 4 aliphatic rings. The zero-order chi connectivity index (χ0) is 20.3. The SMILES string of the molecule is CC1NCNC2C1CCN2[C@@H]1O[C@H]([C@@H]2OCOc3c2ccc(F)c3F)[C@@H](O)[C@H]1O.